The lowest BCUT2D eigenvalue weighted by molar-refractivity contribution is -0.157. The first-order valence-corrected chi connectivity index (χ1v) is 5.01. The van der Waals surface area contributed by atoms with Crippen LogP contribution in [0.1, 0.15) is 18.0 Å². The third kappa shape index (κ3) is 3.70. The number of halogens is 3. The Labute approximate surface area is 93.0 Å². The maximum Gasteiger partial charge on any atom is 0.407 e. The van der Waals surface area contributed by atoms with E-state index < -0.39 is 12.2 Å². The van der Waals surface area contributed by atoms with Crippen LogP contribution in [0.25, 0.3) is 0 Å². The van der Waals surface area contributed by atoms with Gasteiger partial charge in [-0.15, -0.1) is 6.58 Å². The topological polar surface area (TPSA) is 12.0 Å². The zero-order chi connectivity index (χ0) is 12.0. The molecular formula is C12H14F3N. The van der Waals surface area contributed by atoms with Crippen LogP contribution in [0, 0.1) is 0 Å². The van der Waals surface area contributed by atoms with Crippen molar-refractivity contribution in [2.24, 2.45) is 0 Å². The molecule has 1 aromatic rings. The summed E-state index contributed by atoms with van der Waals surface area (Å²) in [6, 6.07) is 6.24. The van der Waals surface area contributed by atoms with E-state index in [1.54, 1.807) is 24.3 Å². The predicted octanol–water partition coefficient (Wildman–Crippen LogP) is 3.46. The van der Waals surface area contributed by atoms with Crippen molar-refractivity contribution in [3.8, 4) is 0 Å². The lowest BCUT2D eigenvalue weighted by Crippen LogP contribution is -2.34. The molecule has 0 aliphatic carbocycles. The van der Waals surface area contributed by atoms with Gasteiger partial charge in [0.15, 0.2) is 0 Å². The van der Waals surface area contributed by atoms with Gasteiger partial charge in [0.05, 0.1) is 0 Å². The number of benzene rings is 1. The average molecular weight is 229 g/mol. The molecule has 16 heavy (non-hydrogen) atoms. The largest absolute Gasteiger partial charge is 0.407 e. The molecule has 0 saturated carbocycles. The number of rotatable bonds is 5. The van der Waals surface area contributed by atoms with E-state index in [0.29, 0.717) is 6.42 Å². The predicted molar refractivity (Wildman–Crippen MR) is 58.1 cm³/mol. The van der Waals surface area contributed by atoms with Crippen molar-refractivity contribution in [2.75, 3.05) is 6.54 Å². The Bertz CT molecular complexity index is 319. The fraction of sp³-hybridized carbons (Fsp3) is 0.333. The van der Waals surface area contributed by atoms with Gasteiger partial charge in [0.2, 0.25) is 0 Å². The van der Waals surface area contributed by atoms with Crippen LogP contribution in [0.15, 0.2) is 43.0 Å². The first-order valence-electron chi connectivity index (χ1n) is 5.01. The van der Waals surface area contributed by atoms with Crippen LogP contribution < -0.4 is 5.32 Å². The number of hydrogen-bond donors (Lipinski definition) is 1. The molecule has 0 aliphatic rings. The summed E-state index contributed by atoms with van der Waals surface area (Å²) < 4.78 is 38.2. The van der Waals surface area contributed by atoms with Crippen molar-refractivity contribution in [3.05, 3.63) is 48.6 Å². The second-order valence-electron chi connectivity index (χ2n) is 3.42. The molecule has 1 aromatic carbocycles. The highest BCUT2D eigenvalue weighted by Crippen LogP contribution is 2.32. The average Bonchev–Trinajstić information content (AvgIpc) is 2.24. The summed E-state index contributed by atoms with van der Waals surface area (Å²) in [5.41, 5.74) is 0.235. The van der Waals surface area contributed by atoms with E-state index in [1.807, 2.05) is 0 Å². The fourth-order valence-electron chi connectivity index (χ4n) is 1.40. The summed E-state index contributed by atoms with van der Waals surface area (Å²) in [7, 11) is 0. The molecule has 0 heterocycles. The molecule has 0 radical (unpaired) electrons. The Morgan fingerprint density at radius 2 is 1.88 bits per heavy atom. The Morgan fingerprint density at radius 3 is 2.38 bits per heavy atom. The Balaban J connectivity index is 2.76. The number of hydrogen-bond acceptors (Lipinski definition) is 1. The van der Waals surface area contributed by atoms with Gasteiger partial charge in [0.25, 0.3) is 0 Å². The Morgan fingerprint density at radius 1 is 1.25 bits per heavy atom. The molecule has 1 N–H and O–H groups in total. The summed E-state index contributed by atoms with van der Waals surface area (Å²) in [4.78, 5) is 0. The van der Waals surface area contributed by atoms with Gasteiger partial charge in [0.1, 0.15) is 6.04 Å². The molecule has 0 spiro atoms. The van der Waals surface area contributed by atoms with E-state index in [4.69, 9.17) is 0 Å². The van der Waals surface area contributed by atoms with E-state index in [2.05, 4.69) is 11.9 Å². The number of alkyl halides is 3. The normalized spacial score (nSPS) is 13.4. The summed E-state index contributed by atoms with van der Waals surface area (Å²) in [5.74, 6) is 0. The molecule has 1 unspecified atom stereocenters. The van der Waals surface area contributed by atoms with Gasteiger partial charge in [-0.3, -0.25) is 0 Å². The molecule has 0 fully saturated rings. The Kier molecular flexibility index (Phi) is 4.55. The second-order valence-corrected chi connectivity index (χ2v) is 3.42. The van der Waals surface area contributed by atoms with E-state index >= 15 is 0 Å². The van der Waals surface area contributed by atoms with Crippen molar-refractivity contribution in [1.29, 1.82) is 0 Å². The molecule has 0 amide bonds. The third-order valence-electron chi connectivity index (χ3n) is 2.16. The molecular weight excluding hydrogens is 215 g/mol. The van der Waals surface area contributed by atoms with Crippen LogP contribution in [-0.2, 0) is 0 Å². The van der Waals surface area contributed by atoms with Gasteiger partial charge in [-0.1, -0.05) is 36.4 Å². The summed E-state index contributed by atoms with van der Waals surface area (Å²) in [6.45, 7) is 3.74. The lowest BCUT2D eigenvalue weighted by atomic mass is 10.1. The molecule has 0 saturated heterocycles. The van der Waals surface area contributed by atoms with Crippen LogP contribution in [0.2, 0.25) is 0 Å². The van der Waals surface area contributed by atoms with Crippen molar-refractivity contribution in [2.45, 2.75) is 18.6 Å². The summed E-state index contributed by atoms with van der Waals surface area (Å²) in [5, 5.41) is 2.48. The number of nitrogens with one attached hydrogen (secondary N) is 1. The highest BCUT2D eigenvalue weighted by molar-refractivity contribution is 5.20. The maximum absolute atomic E-state index is 12.7. The maximum atomic E-state index is 12.7. The highest BCUT2D eigenvalue weighted by atomic mass is 19.4. The minimum absolute atomic E-state index is 0.235. The first-order chi connectivity index (χ1) is 7.55. The van der Waals surface area contributed by atoms with Crippen molar-refractivity contribution in [1.82, 2.24) is 5.32 Å². The first kappa shape index (κ1) is 12.8. The van der Waals surface area contributed by atoms with Gasteiger partial charge in [-0.05, 0) is 18.5 Å². The summed E-state index contributed by atoms with van der Waals surface area (Å²) in [6.07, 6.45) is -2.17. The lowest BCUT2D eigenvalue weighted by Gasteiger charge is -2.21. The van der Waals surface area contributed by atoms with Gasteiger partial charge in [-0.25, -0.2) is 0 Å². The molecule has 0 bridgehead atoms. The van der Waals surface area contributed by atoms with Crippen LogP contribution in [0.3, 0.4) is 0 Å². The van der Waals surface area contributed by atoms with E-state index in [0.717, 1.165) is 0 Å². The molecule has 1 atom stereocenters. The van der Waals surface area contributed by atoms with Crippen LogP contribution >= 0.6 is 0 Å². The van der Waals surface area contributed by atoms with Crippen molar-refractivity contribution >= 4 is 0 Å². The van der Waals surface area contributed by atoms with Gasteiger partial charge >= 0.3 is 6.18 Å². The minimum Gasteiger partial charge on any atom is -0.302 e. The van der Waals surface area contributed by atoms with Gasteiger partial charge in [-0.2, -0.15) is 13.2 Å². The quantitative estimate of drug-likeness (QED) is 0.602. The Hall–Kier alpha value is -1.29. The second kappa shape index (κ2) is 5.70. The molecule has 1 rings (SSSR count). The highest BCUT2D eigenvalue weighted by Gasteiger charge is 2.40. The summed E-state index contributed by atoms with van der Waals surface area (Å²) >= 11 is 0. The molecule has 88 valence electrons. The van der Waals surface area contributed by atoms with Crippen molar-refractivity contribution in [3.63, 3.8) is 0 Å². The zero-order valence-corrected chi connectivity index (χ0v) is 8.80. The minimum atomic E-state index is -4.28. The van der Waals surface area contributed by atoms with Crippen LogP contribution in [0.5, 0.6) is 0 Å². The van der Waals surface area contributed by atoms with Crippen LogP contribution in [0.4, 0.5) is 13.2 Å². The molecule has 1 nitrogen and oxygen atoms in total. The van der Waals surface area contributed by atoms with E-state index in [-0.39, 0.29) is 12.1 Å². The van der Waals surface area contributed by atoms with E-state index in [1.165, 1.54) is 12.1 Å². The smallest absolute Gasteiger partial charge is 0.302 e. The standard InChI is InChI=1S/C12H14F3N/c1-2-3-9-16-11(12(13,14)15)10-7-5-4-6-8-10/h2,4-8,11,16H,1,3,9H2. The fourth-order valence-corrected chi connectivity index (χ4v) is 1.40. The molecule has 4 heteroatoms. The van der Waals surface area contributed by atoms with E-state index in [9.17, 15) is 13.2 Å². The van der Waals surface area contributed by atoms with Gasteiger partial charge in [0, 0.05) is 0 Å². The van der Waals surface area contributed by atoms with Crippen LogP contribution in [-0.4, -0.2) is 12.7 Å². The molecule has 0 aliphatic heterocycles. The van der Waals surface area contributed by atoms with Crippen molar-refractivity contribution < 1.29 is 13.2 Å². The zero-order valence-electron chi connectivity index (χ0n) is 8.80. The molecule has 0 aromatic heterocycles. The third-order valence-corrected chi connectivity index (χ3v) is 2.16. The SMILES string of the molecule is C=CCCNC(c1ccccc1)C(F)(F)F. The van der Waals surface area contributed by atoms with Gasteiger partial charge < -0.3 is 5.32 Å². The monoisotopic (exact) mass is 229 g/mol.